The fraction of sp³-hybridized carbons (Fsp3) is 0.386. The fourth-order valence-corrected chi connectivity index (χ4v) is 9.54. The molecule has 1 atom stereocenters. The van der Waals surface area contributed by atoms with Crippen molar-refractivity contribution in [2.75, 3.05) is 56.4 Å². The van der Waals surface area contributed by atoms with Crippen LogP contribution in [-0.4, -0.2) is 122 Å². The quantitative estimate of drug-likeness (QED) is 0.199. The second kappa shape index (κ2) is 15.1. The number of para-hydroxylation sites is 1. The molecule has 2 aromatic heterocycles. The molecule has 0 spiro atoms. The van der Waals surface area contributed by atoms with Crippen LogP contribution in [-0.2, 0) is 9.59 Å². The van der Waals surface area contributed by atoms with Crippen LogP contribution in [0.15, 0.2) is 79.1 Å². The lowest BCUT2D eigenvalue weighted by atomic mass is 9.90. The van der Waals surface area contributed by atoms with Crippen molar-refractivity contribution in [3.05, 3.63) is 90.3 Å². The largest absolute Gasteiger partial charge is 0.457 e. The first-order chi connectivity index (χ1) is 29.1. The number of nitrogens with one attached hydrogen (secondary N) is 1. The topological polar surface area (TPSA) is 172 Å². The van der Waals surface area contributed by atoms with E-state index in [-0.39, 0.29) is 30.0 Å². The Morgan fingerprint density at radius 1 is 0.817 bits per heavy atom. The molecule has 308 valence electrons. The monoisotopic (exact) mass is 812 g/mol. The molecule has 5 aliphatic heterocycles. The Bertz CT molecular complexity index is 2490. The molecule has 4 saturated heterocycles. The number of nitrogen functional groups attached to an aromatic ring is 1. The lowest BCUT2D eigenvalue weighted by Crippen LogP contribution is -2.63. The van der Waals surface area contributed by atoms with Gasteiger partial charge < -0.3 is 15.4 Å². The summed E-state index contributed by atoms with van der Waals surface area (Å²) in [6, 6.07) is 22.0. The minimum Gasteiger partial charge on any atom is -0.457 e. The van der Waals surface area contributed by atoms with E-state index in [0.717, 1.165) is 83.4 Å². The summed E-state index contributed by atoms with van der Waals surface area (Å²) in [4.78, 5) is 67.3. The Kier molecular flexibility index (Phi) is 9.55. The van der Waals surface area contributed by atoms with Gasteiger partial charge in [0.15, 0.2) is 5.65 Å². The van der Waals surface area contributed by atoms with E-state index < -0.39 is 35.3 Å². The zero-order chi connectivity index (χ0) is 41.1. The summed E-state index contributed by atoms with van der Waals surface area (Å²) in [7, 11) is 0. The summed E-state index contributed by atoms with van der Waals surface area (Å²) >= 11 is 0. The van der Waals surface area contributed by atoms with Crippen LogP contribution in [0.1, 0.15) is 65.3 Å². The highest BCUT2D eigenvalue weighted by Gasteiger charge is 2.46. The van der Waals surface area contributed by atoms with E-state index in [1.807, 2.05) is 59.3 Å². The minimum atomic E-state index is -1.32. The molecule has 60 heavy (non-hydrogen) atoms. The van der Waals surface area contributed by atoms with Crippen LogP contribution < -0.4 is 20.7 Å². The lowest BCUT2D eigenvalue weighted by Gasteiger charge is -2.50. The van der Waals surface area contributed by atoms with Gasteiger partial charge in [0.1, 0.15) is 41.0 Å². The molecule has 4 fully saturated rings. The average molecular weight is 813 g/mol. The number of hydrogen-bond donors (Lipinski definition) is 2. The van der Waals surface area contributed by atoms with Crippen molar-refractivity contribution in [2.24, 2.45) is 0 Å². The predicted octanol–water partition coefficient (Wildman–Crippen LogP) is 4.60. The molecule has 16 heteroatoms. The molecular formula is C44H45FN10O5. The predicted molar refractivity (Wildman–Crippen MR) is 220 cm³/mol. The van der Waals surface area contributed by atoms with Gasteiger partial charge in [-0.05, 0) is 73.9 Å². The Morgan fingerprint density at radius 3 is 2.27 bits per heavy atom. The molecule has 5 aromatic rings. The third-order valence-electron chi connectivity index (χ3n) is 12.9. The van der Waals surface area contributed by atoms with E-state index in [1.54, 1.807) is 18.2 Å². The molecule has 4 amide bonds. The lowest BCUT2D eigenvalue weighted by molar-refractivity contribution is -0.136. The average Bonchev–Trinajstić information content (AvgIpc) is 3.75. The number of benzene rings is 3. The highest BCUT2D eigenvalue weighted by Crippen LogP contribution is 2.38. The van der Waals surface area contributed by atoms with Crippen LogP contribution in [0.4, 0.5) is 15.9 Å². The number of imide groups is 2. The molecule has 0 aliphatic carbocycles. The fourth-order valence-electron chi connectivity index (χ4n) is 9.54. The van der Waals surface area contributed by atoms with Crippen molar-refractivity contribution in [1.82, 2.24) is 39.8 Å². The number of halogens is 1. The summed E-state index contributed by atoms with van der Waals surface area (Å²) in [6.45, 7) is 4.81. The normalized spacial score (nSPS) is 21.6. The number of ether oxygens (including phenoxy) is 1. The SMILES string of the molecule is Nc1ncnc2c1c(-c1ccc(Oc3ccccc3)cc1)nn2C1CCN(C2CN(CC3(F)CCN(c4ccc5c(c4)C(=O)N(C4CCC(=O)NC4=O)C5=O)CC3)C2)CC1. The van der Waals surface area contributed by atoms with Gasteiger partial charge in [-0.25, -0.2) is 19.0 Å². The molecule has 0 saturated carbocycles. The van der Waals surface area contributed by atoms with Crippen LogP contribution >= 0.6 is 0 Å². The van der Waals surface area contributed by atoms with Gasteiger partial charge in [0.05, 0.1) is 22.6 Å². The number of nitrogens with zero attached hydrogens (tertiary/aromatic N) is 8. The molecule has 5 aliphatic rings. The Labute approximate surface area is 345 Å². The number of nitrogens with two attached hydrogens (primary N) is 1. The van der Waals surface area contributed by atoms with E-state index in [0.29, 0.717) is 44.3 Å². The maximum Gasteiger partial charge on any atom is 0.262 e. The highest BCUT2D eigenvalue weighted by atomic mass is 19.1. The van der Waals surface area contributed by atoms with Crippen molar-refractivity contribution in [3.8, 4) is 22.8 Å². The molecule has 15 nitrogen and oxygen atoms in total. The number of carbonyl (C=O) groups is 4. The summed E-state index contributed by atoms with van der Waals surface area (Å²) < 4.78 is 24.3. The van der Waals surface area contributed by atoms with Gasteiger partial charge in [-0.15, -0.1) is 0 Å². The first-order valence-corrected chi connectivity index (χ1v) is 20.7. The maximum absolute atomic E-state index is 16.3. The molecule has 3 N–H and O–H groups in total. The minimum absolute atomic E-state index is 0.0633. The van der Waals surface area contributed by atoms with Gasteiger partial charge in [0.2, 0.25) is 11.8 Å². The van der Waals surface area contributed by atoms with E-state index in [2.05, 4.69) is 30.0 Å². The van der Waals surface area contributed by atoms with Gasteiger partial charge in [0, 0.05) is 82.4 Å². The first-order valence-electron chi connectivity index (χ1n) is 20.7. The Morgan fingerprint density at radius 2 is 1.53 bits per heavy atom. The molecule has 10 rings (SSSR count). The second-order valence-electron chi connectivity index (χ2n) is 16.6. The Hall–Kier alpha value is -6.26. The van der Waals surface area contributed by atoms with Crippen molar-refractivity contribution >= 4 is 46.2 Å². The number of alkyl halides is 1. The zero-order valence-corrected chi connectivity index (χ0v) is 33.0. The van der Waals surface area contributed by atoms with E-state index >= 15 is 4.39 Å². The molecule has 3 aromatic carbocycles. The van der Waals surface area contributed by atoms with Crippen molar-refractivity contribution in [3.63, 3.8) is 0 Å². The number of aromatic nitrogens is 4. The van der Waals surface area contributed by atoms with Crippen LogP contribution in [0, 0.1) is 0 Å². The molecular weight excluding hydrogens is 768 g/mol. The first kappa shape index (κ1) is 38.0. The smallest absolute Gasteiger partial charge is 0.262 e. The number of fused-ring (bicyclic) bond motifs is 2. The number of amides is 4. The number of likely N-dealkylation sites (tertiary alicyclic amines) is 2. The third-order valence-corrected chi connectivity index (χ3v) is 12.9. The van der Waals surface area contributed by atoms with Crippen LogP contribution in [0.25, 0.3) is 22.3 Å². The van der Waals surface area contributed by atoms with E-state index in [1.165, 1.54) is 6.33 Å². The van der Waals surface area contributed by atoms with Gasteiger partial charge in [-0.1, -0.05) is 18.2 Å². The molecule has 1 unspecified atom stereocenters. The van der Waals surface area contributed by atoms with Gasteiger partial charge in [-0.3, -0.25) is 39.2 Å². The highest BCUT2D eigenvalue weighted by molar-refractivity contribution is 6.23. The van der Waals surface area contributed by atoms with Crippen molar-refractivity contribution < 1.29 is 28.3 Å². The number of rotatable bonds is 9. The van der Waals surface area contributed by atoms with Crippen LogP contribution in [0.2, 0.25) is 0 Å². The third kappa shape index (κ3) is 6.92. The number of carbonyl (C=O) groups excluding carboxylic acids is 4. The summed E-state index contributed by atoms with van der Waals surface area (Å²) in [6.07, 6.45) is 4.17. The zero-order valence-electron chi connectivity index (χ0n) is 33.0. The Balaban J connectivity index is 0.721. The van der Waals surface area contributed by atoms with E-state index in [9.17, 15) is 19.2 Å². The van der Waals surface area contributed by atoms with Crippen molar-refractivity contribution in [2.45, 2.75) is 62.3 Å². The molecule has 0 radical (unpaired) electrons. The van der Waals surface area contributed by atoms with Gasteiger partial charge in [0.25, 0.3) is 11.8 Å². The standard InChI is InChI=1S/C44H45FN10O5/c45-44(16-20-53(21-17-44)29-8-11-33-34(22-29)43(59)54(42(33)58)35-12-13-36(56)49-41(35)57)25-51-23-30(24-51)52-18-14-28(15-19-52)55-40-37(39(46)47-26-48-40)38(50-55)27-6-9-32(10-7-27)60-31-4-2-1-3-5-31/h1-11,22,26,28,30,35H,12-21,23-25H2,(H2,46,47,48)(H,49,56,57). The van der Waals surface area contributed by atoms with Crippen molar-refractivity contribution in [1.29, 1.82) is 0 Å². The van der Waals surface area contributed by atoms with E-state index in [4.69, 9.17) is 15.6 Å². The number of piperidine rings is 3. The number of hydrogen-bond acceptors (Lipinski definition) is 12. The number of anilines is 2. The maximum atomic E-state index is 16.3. The summed E-state index contributed by atoms with van der Waals surface area (Å²) in [5.41, 5.74) is 8.69. The van der Waals surface area contributed by atoms with Crippen LogP contribution in [0.3, 0.4) is 0 Å². The second-order valence-corrected chi connectivity index (χ2v) is 16.6. The van der Waals surface area contributed by atoms with Gasteiger partial charge >= 0.3 is 0 Å². The summed E-state index contributed by atoms with van der Waals surface area (Å²) in [5.74, 6) is -0.253. The summed E-state index contributed by atoms with van der Waals surface area (Å²) in [5, 5.41) is 8.05. The van der Waals surface area contributed by atoms with Gasteiger partial charge in [-0.2, -0.15) is 5.10 Å². The molecule has 0 bridgehead atoms. The molecule has 7 heterocycles. The van der Waals surface area contributed by atoms with Crippen LogP contribution in [0.5, 0.6) is 11.5 Å².